The molecule has 0 fully saturated rings. The molecule has 0 aromatic carbocycles. The molecule has 15 heavy (non-hydrogen) atoms. The van der Waals surface area contributed by atoms with Gasteiger partial charge < -0.3 is 10.5 Å². The number of hydrogen-bond acceptors (Lipinski definition) is 3. The maximum Gasteiger partial charge on any atom is 0.241 e. The molecule has 0 spiro atoms. The van der Waals surface area contributed by atoms with Gasteiger partial charge in [0.15, 0.2) is 0 Å². The van der Waals surface area contributed by atoms with E-state index in [-0.39, 0.29) is 0 Å². The van der Waals surface area contributed by atoms with Gasteiger partial charge in [0.25, 0.3) is 0 Å². The first-order valence-electron chi connectivity index (χ1n) is 4.79. The quantitative estimate of drug-likeness (QED) is 0.740. The molecule has 4 nitrogen and oxygen atoms in total. The molecule has 0 aliphatic carbocycles. The number of carbonyl (C=O) groups excluding carboxylic acids is 1. The van der Waals surface area contributed by atoms with E-state index in [1.54, 1.807) is 18.3 Å². The Labute approximate surface area is 88.8 Å². The molecule has 0 saturated heterocycles. The third kappa shape index (κ3) is 3.81. The summed E-state index contributed by atoms with van der Waals surface area (Å²) in [7, 11) is 0. The van der Waals surface area contributed by atoms with Crippen molar-refractivity contribution in [3.05, 3.63) is 30.0 Å². The Hall–Kier alpha value is -1.84. The van der Waals surface area contributed by atoms with E-state index in [4.69, 9.17) is 10.5 Å². The fourth-order valence-electron chi connectivity index (χ4n) is 1.02. The van der Waals surface area contributed by atoms with E-state index in [9.17, 15) is 4.79 Å². The summed E-state index contributed by atoms with van der Waals surface area (Å²) in [4.78, 5) is 14.6. The largest absolute Gasteiger partial charge is 0.477 e. The average Bonchev–Trinajstić information content (AvgIpc) is 2.24. The molecule has 0 radical (unpaired) electrons. The van der Waals surface area contributed by atoms with Gasteiger partial charge in [-0.05, 0) is 24.6 Å². The third-order valence-electron chi connectivity index (χ3n) is 1.67. The summed E-state index contributed by atoms with van der Waals surface area (Å²) >= 11 is 0. The molecule has 0 atom stereocenters. The van der Waals surface area contributed by atoms with E-state index in [0.29, 0.717) is 12.5 Å². The number of carbonyl (C=O) groups is 1. The zero-order valence-corrected chi connectivity index (χ0v) is 8.64. The van der Waals surface area contributed by atoms with Gasteiger partial charge in [0.05, 0.1) is 6.61 Å². The van der Waals surface area contributed by atoms with E-state index in [1.165, 1.54) is 6.08 Å². The highest BCUT2D eigenvalue weighted by Gasteiger charge is 2.00. The molecule has 0 saturated carbocycles. The maximum atomic E-state index is 10.6. The van der Waals surface area contributed by atoms with Crippen LogP contribution in [0.25, 0.3) is 6.08 Å². The van der Waals surface area contributed by atoms with Crippen molar-refractivity contribution in [3.63, 3.8) is 0 Å². The Bertz CT molecular complexity index is 361. The van der Waals surface area contributed by atoms with Gasteiger partial charge >= 0.3 is 0 Å². The normalized spacial score (nSPS) is 10.5. The zero-order chi connectivity index (χ0) is 11.1. The zero-order valence-electron chi connectivity index (χ0n) is 8.64. The van der Waals surface area contributed by atoms with Crippen molar-refractivity contribution in [2.24, 2.45) is 5.73 Å². The van der Waals surface area contributed by atoms with Crippen molar-refractivity contribution >= 4 is 12.0 Å². The Balaban J connectivity index is 2.81. The van der Waals surface area contributed by atoms with Gasteiger partial charge in [0.1, 0.15) is 0 Å². The molecule has 1 heterocycles. The van der Waals surface area contributed by atoms with Crippen LogP contribution in [0.5, 0.6) is 5.88 Å². The number of rotatable bonds is 5. The van der Waals surface area contributed by atoms with Crippen LogP contribution >= 0.6 is 0 Å². The van der Waals surface area contributed by atoms with Gasteiger partial charge in [-0.25, -0.2) is 4.98 Å². The number of ether oxygens (including phenoxy) is 1. The Morgan fingerprint density at radius 2 is 2.47 bits per heavy atom. The van der Waals surface area contributed by atoms with E-state index in [0.717, 1.165) is 12.0 Å². The lowest BCUT2D eigenvalue weighted by Crippen LogP contribution is -2.05. The van der Waals surface area contributed by atoms with Crippen LogP contribution in [0.4, 0.5) is 0 Å². The van der Waals surface area contributed by atoms with Crippen molar-refractivity contribution in [2.45, 2.75) is 13.3 Å². The lowest BCUT2D eigenvalue weighted by atomic mass is 10.2. The number of pyridine rings is 1. The summed E-state index contributed by atoms with van der Waals surface area (Å²) in [6, 6.07) is 3.59. The molecule has 1 aromatic heterocycles. The predicted molar refractivity (Wildman–Crippen MR) is 58.3 cm³/mol. The molecule has 0 aliphatic heterocycles. The average molecular weight is 206 g/mol. The first-order valence-corrected chi connectivity index (χ1v) is 4.79. The second-order valence-corrected chi connectivity index (χ2v) is 2.98. The first kappa shape index (κ1) is 11.2. The molecule has 80 valence electrons. The molecule has 1 aromatic rings. The molecular weight excluding hydrogens is 192 g/mol. The molecule has 0 aliphatic rings. The Kier molecular flexibility index (Phi) is 4.34. The van der Waals surface area contributed by atoms with Crippen LogP contribution < -0.4 is 10.5 Å². The number of nitrogens with zero attached hydrogens (tertiary/aromatic N) is 1. The molecule has 0 unspecified atom stereocenters. The van der Waals surface area contributed by atoms with Crippen molar-refractivity contribution in [3.8, 4) is 5.88 Å². The van der Waals surface area contributed by atoms with Crippen LogP contribution in [-0.4, -0.2) is 17.5 Å². The van der Waals surface area contributed by atoms with Crippen LogP contribution in [-0.2, 0) is 4.79 Å². The minimum absolute atomic E-state index is 0.486. The third-order valence-corrected chi connectivity index (χ3v) is 1.67. The van der Waals surface area contributed by atoms with Gasteiger partial charge in [-0.15, -0.1) is 0 Å². The summed E-state index contributed by atoms with van der Waals surface area (Å²) in [6.45, 7) is 2.62. The summed E-state index contributed by atoms with van der Waals surface area (Å²) in [5.74, 6) is 0.0390. The highest BCUT2D eigenvalue weighted by Crippen LogP contribution is 2.15. The predicted octanol–water partition coefficient (Wildman–Crippen LogP) is 1.37. The fourth-order valence-corrected chi connectivity index (χ4v) is 1.02. The van der Waals surface area contributed by atoms with E-state index >= 15 is 0 Å². The van der Waals surface area contributed by atoms with Crippen molar-refractivity contribution in [1.29, 1.82) is 0 Å². The van der Waals surface area contributed by atoms with Crippen LogP contribution in [0.15, 0.2) is 24.4 Å². The van der Waals surface area contributed by atoms with Gasteiger partial charge in [-0.3, -0.25) is 4.79 Å². The molecule has 1 amide bonds. The SMILES string of the molecule is CCCOc1ncccc1/C=C/C(N)=O. The van der Waals surface area contributed by atoms with Crippen molar-refractivity contribution in [2.75, 3.05) is 6.61 Å². The number of primary amides is 1. The van der Waals surface area contributed by atoms with Crippen LogP contribution in [0.2, 0.25) is 0 Å². The fraction of sp³-hybridized carbons (Fsp3) is 0.273. The molecule has 2 N–H and O–H groups in total. The van der Waals surface area contributed by atoms with Gasteiger partial charge in [-0.1, -0.05) is 6.92 Å². The molecular formula is C11H14N2O2. The molecule has 0 bridgehead atoms. The highest BCUT2D eigenvalue weighted by atomic mass is 16.5. The summed E-state index contributed by atoms with van der Waals surface area (Å²) in [5, 5.41) is 0. The number of nitrogens with two attached hydrogens (primary N) is 1. The lowest BCUT2D eigenvalue weighted by Gasteiger charge is -2.05. The van der Waals surface area contributed by atoms with Crippen molar-refractivity contribution in [1.82, 2.24) is 4.98 Å². The topological polar surface area (TPSA) is 65.2 Å². The Morgan fingerprint density at radius 1 is 1.67 bits per heavy atom. The molecule has 1 rings (SSSR count). The van der Waals surface area contributed by atoms with E-state index in [2.05, 4.69) is 4.98 Å². The second-order valence-electron chi connectivity index (χ2n) is 2.98. The second kappa shape index (κ2) is 5.80. The van der Waals surface area contributed by atoms with Crippen LogP contribution in [0.3, 0.4) is 0 Å². The number of amides is 1. The molecule has 4 heteroatoms. The van der Waals surface area contributed by atoms with Gasteiger partial charge in [-0.2, -0.15) is 0 Å². The first-order chi connectivity index (χ1) is 7.24. The summed E-state index contributed by atoms with van der Waals surface area (Å²) < 4.78 is 5.40. The van der Waals surface area contributed by atoms with Crippen LogP contribution in [0.1, 0.15) is 18.9 Å². The smallest absolute Gasteiger partial charge is 0.241 e. The number of hydrogen-bond donors (Lipinski definition) is 1. The summed E-state index contributed by atoms with van der Waals surface area (Å²) in [5.41, 5.74) is 5.76. The van der Waals surface area contributed by atoms with E-state index in [1.807, 2.05) is 13.0 Å². The summed E-state index contributed by atoms with van der Waals surface area (Å²) in [6.07, 6.45) is 5.44. The standard InChI is InChI=1S/C11H14N2O2/c1-2-8-15-11-9(4-3-7-13-11)5-6-10(12)14/h3-7H,2,8H2,1H3,(H2,12,14)/b6-5+. The highest BCUT2D eigenvalue weighted by molar-refractivity contribution is 5.90. The number of aromatic nitrogens is 1. The maximum absolute atomic E-state index is 10.6. The Morgan fingerprint density at radius 3 is 3.13 bits per heavy atom. The lowest BCUT2D eigenvalue weighted by molar-refractivity contribution is -0.113. The minimum atomic E-state index is -0.486. The van der Waals surface area contributed by atoms with Gasteiger partial charge in [0, 0.05) is 17.8 Å². The van der Waals surface area contributed by atoms with Crippen LogP contribution in [0, 0.1) is 0 Å². The van der Waals surface area contributed by atoms with Crippen molar-refractivity contribution < 1.29 is 9.53 Å². The minimum Gasteiger partial charge on any atom is -0.477 e. The monoisotopic (exact) mass is 206 g/mol. The van der Waals surface area contributed by atoms with E-state index < -0.39 is 5.91 Å². The van der Waals surface area contributed by atoms with Gasteiger partial charge in [0.2, 0.25) is 11.8 Å².